The van der Waals surface area contributed by atoms with Crippen LogP contribution in [-0.4, -0.2) is 22.5 Å². The van der Waals surface area contributed by atoms with Crippen molar-refractivity contribution in [2.24, 2.45) is 5.73 Å². The van der Waals surface area contributed by atoms with E-state index >= 15 is 0 Å². The van der Waals surface area contributed by atoms with Crippen molar-refractivity contribution in [1.29, 1.82) is 0 Å². The monoisotopic (exact) mass is 238 g/mol. The summed E-state index contributed by atoms with van der Waals surface area (Å²) in [5.74, 6) is -0.145. The first-order chi connectivity index (χ1) is 8.17. The van der Waals surface area contributed by atoms with Crippen molar-refractivity contribution in [3.05, 3.63) is 28.4 Å². The van der Waals surface area contributed by atoms with Gasteiger partial charge in [-0.25, -0.2) is 0 Å². The van der Waals surface area contributed by atoms with E-state index in [0.717, 1.165) is 24.9 Å². The zero-order chi connectivity index (χ0) is 12.7. The molecule has 0 fully saturated rings. The van der Waals surface area contributed by atoms with Crippen LogP contribution >= 0.6 is 0 Å². The van der Waals surface area contributed by atoms with Gasteiger partial charge in [0.15, 0.2) is 6.20 Å². The Morgan fingerprint density at radius 3 is 2.82 bits per heavy atom. The Balaban J connectivity index is 2.57. The first kappa shape index (κ1) is 13.4. The molecule has 0 saturated carbocycles. The fraction of sp³-hybridized carbons (Fsp3) is 0.545. The van der Waals surface area contributed by atoms with Crippen molar-refractivity contribution >= 4 is 11.5 Å². The second kappa shape index (κ2) is 6.80. The summed E-state index contributed by atoms with van der Waals surface area (Å²) in [7, 11) is 0. The highest BCUT2D eigenvalue weighted by Crippen LogP contribution is 2.13. The highest BCUT2D eigenvalue weighted by molar-refractivity contribution is 5.44. The molecule has 6 nitrogen and oxygen atoms in total. The van der Waals surface area contributed by atoms with Crippen molar-refractivity contribution in [2.75, 3.05) is 11.9 Å². The van der Waals surface area contributed by atoms with Gasteiger partial charge in [0.1, 0.15) is 0 Å². The SMILES string of the molecule is CCCCC(CN)Nc1ccc([N+](=O)[O-])nc1. The van der Waals surface area contributed by atoms with Gasteiger partial charge in [0.05, 0.1) is 5.69 Å². The molecule has 0 aromatic carbocycles. The van der Waals surface area contributed by atoms with Crippen molar-refractivity contribution in [3.63, 3.8) is 0 Å². The average Bonchev–Trinajstić information content (AvgIpc) is 2.35. The predicted octanol–water partition coefficient (Wildman–Crippen LogP) is 1.92. The normalized spacial score (nSPS) is 12.1. The Morgan fingerprint density at radius 1 is 1.59 bits per heavy atom. The van der Waals surface area contributed by atoms with Gasteiger partial charge in [-0.15, -0.1) is 0 Å². The quantitative estimate of drug-likeness (QED) is 0.559. The number of hydrogen-bond acceptors (Lipinski definition) is 5. The molecule has 1 heterocycles. The summed E-state index contributed by atoms with van der Waals surface area (Å²) in [5.41, 5.74) is 6.41. The average molecular weight is 238 g/mol. The van der Waals surface area contributed by atoms with Crippen LogP contribution < -0.4 is 11.1 Å². The van der Waals surface area contributed by atoms with Crippen molar-refractivity contribution in [2.45, 2.75) is 32.2 Å². The van der Waals surface area contributed by atoms with E-state index in [1.807, 2.05) is 0 Å². The summed E-state index contributed by atoms with van der Waals surface area (Å²) < 4.78 is 0. The number of anilines is 1. The number of nitrogens with zero attached hydrogens (tertiary/aromatic N) is 2. The Kier molecular flexibility index (Phi) is 5.35. The number of unbranched alkanes of at least 4 members (excludes halogenated alkanes) is 1. The maximum Gasteiger partial charge on any atom is 0.363 e. The summed E-state index contributed by atoms with van der Waals surface area (Å²) in [6.45, 7) is 2.66. The maximum atomic E-state index is 10.4. The molecule has 1 atom stereocenters. The minimum Gasteiger partial charge on any atom is -0.378 e. The van der Waals surface area contributed by atoms with E-state index in [4.69, 9.17) is 5.73 Å². The Bertz CT molecular complexity index is 353. The van der Waals surface area contributed by atoms with Gasteiger partial charge in [0.25, 0.3) is 0 Å². The van der Waals surface area contributed by atoms with E-state index in [2.05, 4.69) is 17.2 Å². The van der Waals surface area contributed by atoms with Crippen LogP contribution in [0.5, 0.6) is 0 Å². The van der Waals surface area contributed by atoms with Crippen LogP contribution in [0.15, 0.2) is 18.3 Å². The molecule has 0 aliphatic heterocycles. The van der Waals surface area contributed by atoms with Gasteiger partial charge in [0, 0.05) is 18.7 Å². The minimum atomic E-state index is -0.513. The predicted molar refractivity (Wildman–Crippen MR) is 66.9 cm³/mol. The van der Waals surface area contributed by atoms with Gasteiger partial charge < -0.3 is 21.2 Å². The molecule has 0 spiro atoms. The molecule has 1 aromatic rings. The van der Waals surface area contributed by atoms with Crippen LogP contribution in [0, 0.1) is 10.1 Å². The fourth-order valence-corrected chi connectivity index (χ4v) is 1.51. The molecule has 0 radical (unpaired) electrons. The summed E-state index contributed by atoms with van der Waals surface area (Å²) in [5, 5.41) is 13.7. The lowest BCUT2D eigenvalue weighted by Crippen LogP contribution is -2.28. The number of nitro groups is 1. The maximum absolute atomic E-state index is 10.4. The van der Waals surface area contributed by atoms with E-state index in [1.54, 1.807) is 6.07 Å². The van der Waals surface area contributed by atoms with Crippen LogP contribution in [0.3, 0.4) is 0 Å². The van der Waals surface area contributed by atoms with Gasteiger partial charge in [-0.1, -0.05) is 19.8 Å². The number of hydrogen-bond donors (Lipinski definition) is 2. The Morgan fingerprint density at radius 2 is 2.35 bits per heavy atom. The smallest absolute Gasteiger partial charge is 0.363 e. The van der Waals surface area contributed by atoms with Gasteiger partial charge in [-0.05, 0) is 22.4 Å². The molecule has 17 heavy (non-hydrogen) atoms. The number of rotatable bonds is 7. The third-order valence-corrected chi connectivity index (χ3v) is 2.50. The van der Waals surface area contributed by atoms with Crippen LogP contribution in [-0.2, 0) is 0 Å². The first-order valence-corrected chi connectivity index (χ1v) is 5.74. The lowest BCUT2D eigenvalue weighted by molar-refractivity contribution is -0.389. The molecule has 6 heteroatoms. The molecule has 0 aliphatic carbocycles. The van der Waals surface area contributed by atoms with Gasteiger partial charge in [-0.2, -0.15) is 0 Å². The van der Waals surface area contributed by atoms with E-state index in [0.29, 0.717) is 6.54 Å². The van der Waals surface area contributed by atoms with Crippen molar-refractivity contribution in [3.8, 4) is 0 Å². The number of nitrogens with two attached hydrogens (primary N) is 1. The summed E-state index contributed by atoms with van der Waals surface area (Å²) in [4.78, 5) is 13.7. The highest BCUT2D eigenvalue weighted by Gasteiger charge is 2.09. The van der Waals surface area contributed by atoms with E-state index < -0.39 is 4.92 Å². The fourth-order valence-electron chi connectivity index (χ4n) is 1.51. The third-order valence-electron chi connectivity index (χ3n) is 2.50. The molecular weight excluding hydrogens is 220 g/mol. The number of aromatic nitrogens is 1. The topological polar surface area (TPSA) is 94.1 Å². The highest BCUT2D eigenvalue weighted by atomic mass is 16.6. The van der Waals surface area contributed by atoms with E-state index in [1.165, 1.54) is 12.3 Å². The van der Waals surface area contributed by atoms with Crippen LogP contribution in [0.1, 0.15) is 26.2 Å². The lowest BCUT2D eigenvalue weighted by atomic mass is 10.1. The zero-order valence-corrected chi connectivity index (χ0v) is 9.93. The van der Waals surface area contributed by atoms with Crippen molar-refractivity contribution in [1.82, 2.24) is 4.98 Å². The molecule has 3 N–H and O–H groups in total. The largest absolute Gasteiger partial charge is 0.378 e. The van der Waals surface area contributed by atoms with E-state index in [9.17, 15) is 10.1 Å². The molecule has 1 unspecified atom stereocenters. The Hall–Kier alpha value is -1.69. The molecule has 1 rings (SSSR count). The second-order valence-electron chi connectivity index (χ2n) is 3.88. The summed E-state index contributed by atoms with van der Waals surface area (Å²) >= 11 is 0. The van der Waals surface area contributed by atoms with Crippen LogP contribution in [0.25, 0.3) is 0 Å². The van der Waals surface area contributed by atoms with Crippen LogP contribution in [0.2, 0.25) is 0 Å². The van der Waals surface area contributed by atoms with Crippen LogP contribution in [0.4, 0.5) is 11.5 Å². The molecule has 0 saturated heterocycles. The van der Waals surface area contributed by atoms with Gasteiger partial charge in [0.2, 0.25) is 0 Å². The summed E-state index contributed by atoms with van der Waals surface area (Å²) in [6, 6.07) is 3.23. The van der Waals surface area contributed by atoms with E-state index in [-0.39, 0.29) is 11.9 Å². The molecule has 0 aliphatic rings. The molecule has 0 bridgehead atoms. The molecular formula is C11H18N4O2. The molecule has 0 amide bonds. The van der Waals surface area contributed by atoms with Gasteiger partial charge in [-0.3, -0.25) is 0 Å². The zero-order valence-electron chi connectivity index (χ0n) is 9.93. The first-order valence-electron chi connectivity index (χ1n) is 5.74. The second-order valence-corrected chi connectivity index (χ2v) is 3.88. The summed E-state index contributed by atoms with van der Waals surface area (Å²) in [6.07, 6.45) is 4.68. The van der Waals surface area contributed by atoms with Gasteiger partial charge >= 0.3 is 5.82 Å². The number of pyridine rings is 1. The lowest BCUT2D eigenvalue weighted by Gasteiger charge is -2.16. The molecule has 1 aromatic heterocycles. The van der Waals surface area contributed by atoms with Crippen molar-refractivity contribution < 1.29 is 4.92 Å². The third kappa shape index (κ3) is 4.36. The standard InChI is InChI=1S/C11H18N4O2/c1-2-3-4-9(7-12)14-10-5-6-11(13-8-10)15(16)17/h5-6,8-9,14H,2-4,7,12H2,1H3. The number of nitrogens with one attached hydrogen (secondary N) is 1. The molecule has 94 valence electrons. The Labute approximate surface area is 100 Å². The minimum absolute atomic E-state index is 0.145.